The molecule has 0 fully saturated rings. The van der Waals surface area contributed by atoms with E-state index in [0.717, 1.165) is 42.2 Å². The van der Waals surface area contributed by atoms with Crippen molar-refractivity contribution in [3.05, 3.63) is 11.4 Å². The molecule has 0 saturated carbocycles. The zero-order valence-electron chi connectivity index (χ0n) is 11.5. The van der Waals surface area contributed by atoms with Crippen molar-refractivity contribution >= 4 is 33.3 Å². The molecule has 19 heavy (non-hydrogen) atoms. The number of nitrogens with one attached hydrogen (secondary N) is 1. The summed E-state index contributed by atoms with van der Waals surface area (Å²) in [4.78, 5) is 11.9. The third kappa shape index (κ3) is 3.54. The number of nitrogens with two attached hydrogens (primary N) is 1. The minimum absolute atomic E-state index is 0.332. The molecule has 2 aromatic rings. The van der Waals surface area contributed by atoms with E-state index in [2.05, 4.69) is 34.0 Å². The average Bonchev–Trinajstić information content (AvgIpc) is 2.85. The first-order valence-corrected chi connectivity index (χ1v) is 7.59. The second kappa shape index (κ2) is 6.68. The normalized spacial score (nSPS) is 11.3. The van der Waals surface area contributed by atoms with Crippen molar-refractivity contribution in [1.29, 1.82) is 0 Å². The molecule has 0 aliphatic carbocycles. The first kappa shape index (κ1) is 14.0. The number of fused-ring (bicyclic) bond motifs is 1. The van der Waals surface area contributed by atoms with E-state index in [9.17, 15) is 0 Å². The van der Waals surface area contributed by atoms with Crippen molar-refractivity contribution < 1.29 is 0 Å². The molecule has 0 spiro atoms. The van der Waals surface area contributed by atoms with Gasteiger partial charge in [-0.1, -0.05) is 13.8 Å². The van der Waals surface area contributed by atoms with Crippen LogP contribution in [0.5, 0.6) is 0 Å². The summed E-state index contributed by atoms with van der Waals surface area (Å²) in [5.41, 5.74) is 5.72. The van der Waals surface area contributed by atoms with Crippen LogP contribution in [0.4, 0.5) is 11.8 Å². The Labute approximate surface area is 117 Å². The molecule has 0 amide bonds. The molecule has 0 unspecified atom stereocenters. The SMILES string of the molecule is CCCN(CC)CCNc1nc(N)nc2sccc12. The van der Waals surface area contributed by atoms with Gasteiger partial charge < -0.3 is 16.0 Å². The molecule has 2 rings (SSSR count). The van der Waals surface area contributed by atoms with E-state index in [0.29, 0.717) is 5.95 Å². The van der Waals surface area contributed by atoms with E-state index in [-0.39, 0.29) is 0 Å². The standard InChI is InChI=1S/C13H21N5S/c1-3-7-18(4-2)8-6-15-11-10-5-9-19-12(10)17-13(14)16-11/h5,9H,3-4,6-8H2,1-2H3,(H3,14,15,16,17). The predicted octanol–water partition coefficient (Wildman–Crippen LogP) is 2.42. The zero-order valence-corrected chi connectivity index (χ0v) is 12.3. The first-order valence-electron chi connectivity index (χ1n) is 6.71. The quantitative estimate of drug-likeness (QED) is 0.814. The van der Waals surface area contributed by atoms with Crippen LogP contribution < -0.4 is 11.1 Å². The summed E-state index contributed by atoms with van der Waals surface area (Å²) in [6.07, 6.45) is 1.18. The van der Waals surface area contributed by atoms with Gasteiger partial charge in [0, 0.05) is 13.1 Å². The molecular weight excluding hydrogens is 258 g/mol. The Balaban J connectivity index is 1.99. The van der Waals surface area contributed by atoms with Gasteiger partial charge in [0.25, 0.3) is 0 Å². The van der Waals surface area contributed by atoms with Gasteiger partial charge in [0.2, 0.25) is 5.95 Å². The minimum Gasteiger partial charge on any atom is -0.368 e. The fourth-order valence-corrected chi connectivity index (χ4v) is 2.85. The molecule has 5 nitrogen and oxygen atoms in total. The van der Waals surface area contributed by atoms with E-state index in [4.69, 9.17) is 5.73 Å². The van der Waals surface area contributed by atoms with Crippen LogP contribution in [0.15, 0.2) is 11.4 Å². The largest absolute Gasteiger partial charge is 0.368 e. The molecule has 2 aromatic heterocycles. The molecule has 6 heteroatoms. The summed E-state index contributed by atoms with van der Waals surface area (Å²) in [6.45, 7) is 8.49. The first-order chi connectivity index (χ1) is 9.24. The molecule has 0 aliphatic rings. The lowest BCUT2D eigenvalue weighted by Crippen LogP contribution is -2.29. The number of nitrogens with zero attached hydrogens (tertiary/aromatic N) is 3. The average molecular weight is 279 g/mol. The number of hydrogen-bond acceptors (Lipinski definition) is 6. The van der Waals surface area contributed by atoms with E-state index >= 15 is 0 Å². The number of likely N-dealkylation sites (N-methyl/N-ethyl adjacent to an activating group) is 1. The highest BCUT2D eigenvalue weighted by Crippen LogP contribution is 2.25. The monoisotopic (exact) mass is 279 g/mol. The van der Waals surface area contributed by atoms with Crippen LogP contribution in [0.25, 0.3) is 10.2 Å². The van der Waals surface area contributed by atoms with Crippen LogP contribution in [0.2, 0.25) is 0 Å². The van der Waals surface area contributed by atoms with Crippen molar-refractivity contribution in [2.24, 2.45) is 0 Å². The van der Waals surface area contributed by atoms with Crippen molar-refractivity contribution in [1.82, 2.24) is 14.9 Å². The van der Waals surface area contributed by atoms with Gasteiger partial charge in [-0.05, 0) is 31.0 Å². The second-order valence-corrected chi connectivity index (χ2v) is 5.33. The van der Waals surface area contributed by atoms with Crippen molar-refractivity contribution in [3.8, 4) is 0 Å². The van der Waals surface area contributed by atoms with E-state index in [1.54, 1.807) is 11.3 Å². The molecule has 0 aromatic carbocycles. The van der Waals surface area contributed by atoms with Gasteiger partial charge in [-0.3, -0.25) is 0 Å². The summed E-state index contributed by atoms with van der Waals surface area (Å²) in [6, 6.07) is 2.03. The highest BCUT2D eigenvalue weighted by atomic mass is 32.1. The van der Waals surface area contributed by atoms with Gasteiger partial charge in [-0.25, -0.2) is 4.98 Å². The number of aromatic nitrogens is 2. The van der Waals surface area contributed by atoms with E-state index < -0.39 is 0 Å². The topological polar surface area (TPSA) is 67.1 Å². The summed E-state index contributed by atoms with van der Waals surface area (Å²) < 4.78 is 0. The Morgan fingerprint density at radius 1 is 1.32 bits per heavy atom. The lowest BCUT2D eigenvalue weighted by molar-refractivity contribution is 0.300. The van der Waals surface area contributed by atoms with Crippen LogP contribution in [-0.4, -0.2) is 41.0 Å². The lowest BCUT2D eigenvalue weighted by atomic mass is 10.3. The maximum atomic E-state index is 5.72. The molecule has 2 heterocycles. The highest BCUT2D eigenvalue weighted by molar-refractivity contribution is 7.16. The maximum Gasteiger partial charge on any atom is 0.223 e. The molecule has 0 radical (unpaired) electrons. The van der Waals surface area contributed by atoms with Crippen LogP contribution in [-0.2, 0) is 0 Å². The smallest absolute Gasteiger partial charge is 0.223 e. The molecule has 0 bridgehead atoms. The molecule has 0 aliphatic heterocycles. The van der Waals surface area contributed by atoms with E-state index in [1.807, 2.05) is 11.4 Å². The Hall–Kier alpha value is -1.40. The number of nitrogen functional groups attached to an aromatic ring is 1. The van der Waals surface area contributed by atoms with E-state index in [1.165, 1.54) is 6.42 Å². The fourth-order valence-electron chi connectivity index (χ4n) is 2.08. The summed E-state index contributed by atoms with van der Waals surface area (Å²) >= 11 is 1.59. The van der Waals surface area contributed by atoms with Gasteiger partial charge in [0.05, 0.1) is 5.39 Å². The van der Waals surface area contributed by atoms with Crippen LogP contribution in [0, 0.1) is 0 Å². The van der Waals surface area contributed by atoms with Gasteiger partial charge in [0.1, 0.15) is 10.6 Å². The molecule has 0 atom stereocenters. The predicted molar refractivity (Wildman–Crippen MR) is 82.7 cm³/mol. The van der Waals surface area contributed by atoms with Crippen LogP contribution in [0.3, 0.4) is 0 Å². The number of rotatable bonds is 7. The lowest BCUT2D eigenvalue weighted by Gasteiger charge is -2.19. The number of anilines is 2. The molecule has 104 valence electrons. The number of hydrogen-bond donors (Lipinski definition) is 2. The van der Waals surface area contributed by atoms with Crippen LogP contribution in [0.1, 0.15) is 20.3 Å². The van der Waals surface area contributed by atoms with Gasteiger partial charge in [-0.15, -0.1) is 11.3 Å². The minimum atomic E-state index is 0.332. The van der Waals surface area contributed by atoms with Crippen LogP contribution >= 0.6 is 11.3 Å². The highest BCUT2D eigenvalue weighted by Gasteiger charge is 2.07. The summed E-state index contributed by atoms with van der Waals surface area (Å²) in [7, 11) is 0. The molecule has 3 N–H and O–H groups in total. The van der Waals surface area contributed by atoms with Crippen molar-refractivity contribution in [3.63, 3.8) is 0 Å². The third-order valence-electron chi connectivity index (χ3n) is 3.05. The van der Waals surface area contributed by atoms with Gasteiger partial charge >= 0.3 is 0 Å². The molecular formula is C13H21N5S. The second-order valence-electron chi connectivity index (χ2n) is 4.43. The summed E-state index contributed by atoms with van der Waals surface area (Å²) in [5, 5.41) is 6.44. The number of thiophene rings is 1. The Morgan fingerprint density at radius 3 is 2.89 bits per heavy atom. The van der Waals surface area contributed by atoms with Crippen molar-refractivity contribution in [2.45, 2.75) is 20.3 Å². The third-order valence-corrected chi connectivity index (χ3v) is 3.86. The molecule has 0 saturated heterocycles. The Kier molecular flexibility index (Phi) is 4.93. The Morgan fingerprint density at radius 2 is 2.16 bits per heavy atom. The fraction of sp³-hybridized carbons (Fsp3) is 0.538. The van der Waals surface area contributed by atoms with Gasteiger partial charge in [-0.2, -0.15) is 4.98 Å². The Bertz CT molecular complexity index is 525. The zero-order chi connectivity index (χ0) is 13.7. The summed E-state index contributed by atoms with van der Waals surface area (Å²) in [5.74, 6) is 1.18. The van der Waals surface area contributed by atoms with Crippen molar-refractivity contribution in [2.75, 3.05) is 37.2 Å². The van der Waals surface area contributed by atoms with Gasteiger partial charge in [0.15, 0.2) is 0 Å². The maximum absolute atomic E-state index is 5.72.